The molecular formula is C28H32N4O5. The highest BCUT2D eigenvalue weighted by atomic mass is 16.6. The van der Waals surface area contributed by atoms with Gasteiger partial charge in [0, 0.05) is 37.8 Å². The van der Waals surface area contributed by atoms with Crippen molar-refractivity contribution in [1.29, 1.82) is 0 Å². The van der Waals surface area contributed by atoms with Gasteiger partial charge in [0.25, 0.3) is 5.91 Å². The molecule has 1 aromatic heterocycles. The number of amides is 1. The molecule has 0 bridgehead atoms. The smallest absolute Gasteiger partial charge is 0.311 e. The van der Waals surface area contributed by atoms with Crippen LogP contribution in [0.25, 0.3) is 22.4 Å². The van der Waals surface area contributed by atoms with Gasteiger partial charge in [0.1, 0.15) is 0 Å². The van der Waals surface area contributed by atoms with Gasteiger partial charge in [-0.05, 0) is 36.6 Å². The lowest BCUT2D eigenvalue weighted by molar-refractivity contribution is -0.385. The highest BCUT2D eigenvalue weighted by molar-refractivity contribution is 6.02. The molecule has 0 aliphatic carbocycles. The molecule has 0 spiro atoms. The average molecular weight is 505 g/mol. The Kier molecular flexibility index (Phi) is 8.81. The topological polar surface area (TPSA) is 107 Å². The molecule has 0 unspecified atom stereocenters. The second-order valence-electron chi connectivity index (χ2n) is 8.88. The third kappa shape index (κ3) is 6.49. The first-order chi connectivity index (χ1) is 18.0. The molecule has 1 fully saturated rings. The number of hydrogen-bond acceptors (Lipinski definition) is 7. The van der Waals surface area contributed by atoms with E-state index < -0.39 is 4.92 Å². The first-order valence-corrected chi connectivity index (χ1v) is 12.5. The second-order valence-corrected chi connectivity index (χ2v) is 8.88. The number of aryl methyl sites for hydroxylation is 1. The van der Waals surface area contributed by atoms with Gasteiger partial charge in [0.2, 0.25) is 0 Å². The zero-order valence-electron chi connectivity index (χ0n) is 21.2. The molecule has 1 saturated heterocycles. The number of rotatable bonds is 10. The molecule has 0 atom stereocenters. The van der Waals surface area contributed by atoms with E-state index in [4.69, 9.17) is 14.5 Å². The maximum atomic E-state index is 13.4. The predicted octanol–water partition coefficient (Wildman–Crippen LogP) is 4.48. The molecule has 37 heavy (non-hydrogen) atoms. The number of pyridine rings is 1. The van der Waals surface area contributed by atoms with Crippen molar-refractivity contribution in [3.63, 3.8) is 0 Å². The quantitative estimate of drug-likeness (QED) is 0.320. The Morgan fingerprint density at radius 3 is 2.59 bits per heavy atom. The Morgan fingerprint density at radius 1 is 1.14 bits per heavy atom. The number of nitrogens with zero attached hydrogens (tertiary/aromatic N) is 3. The highest BCUT2D eigenvalue weighted by Gasteiger charge is 2.23. The highest BCUT2D eigenvalue weighted by Crippen LogP contribution is 2.36. The summed E-state index contributed by atoms with van der Waals surface area (Å²) >= 11 is 0. The maximum Gasteiger partial charge on any atom is 0.311 e. The third-order valence-electron chi connectivity index (χ3n) is 6.24. The van der Waals surface area contributed by atoms with E-state index >= 15 is 0 Å². The molecule has 1 aliphatic rings. The normalized spacial score (nSPS) is 13.8. The van der Waals surface area contributed by atoms with Crippen LogP contribution in [0.15, 0.2) is 54.6 Å². The number of aromatic nitrogens is 1. The van der Waals surface area contributed by atoms with Crippen LogP contribution < -0.4 is 10.1 Å². The van der Waals surface area contributed by atoms with Crippen LogP contribution >= 0.6 is 0 Å². The maximum absolute atomic E-state index is 13.4. The standard InChI is InChI=1S/C28H32N4O5/c1-3-15-37-26-10-9-22(18-25(26)32(34)35)23-19-24(21-7-5-4-6-8-21)30-20(2)27(23)28(33)29-11-12-31-13-16-36-17-14-31/h4-10,18-19H,3,11-17H2,1-2H3,(H,29,33). The van der Waals surface area contributed by atoms with Crippen molar-refractivity contribution in [2.24, 2.45) is 0 Å². The zero-order chi connectivity index (χ0) is 26.2. The van der Waals surface area contributed by atoms with Crippen LogP contribution in [0.2, 0.25) is 0 Å². The lowest BCUT2D eigenvalue weighted by Crippen LogP contribution is -2.41. The van der Waals surface area contributed by atoms with E-state index in [1.54, 1.807) is 19.1 Å². The van der Waals surface area contributed by atoms with Gasteiger partial charge >= 0.3 is 5.69 Å². The predicted molar refractivity (Wildman–Crippen MR) is 142 cm³/mol. The fourth-order valence-corrected chi connectivity index (χ4v) is 4.35. The molecule has 4 rings (SSSR count). The SMILES string of the molecule is CCCOc1ccc(-c2cc(-c3ccccc3)nc(C)c2C(=O)NCCN2CCOCC2)cc1[N+](=O)[O-]. The first kappa shape index (κ1) is 26.2. The van der Waals surface area contributed by atoms with Crippen LogP contribution in [0.1, 0.15) is 29.4 Å². The molecule has 3 aromatic rings. The summed E-state index contributed by atoms with van der Waals surface area (Å²) in [5.41, 5.74) is 3.53. The largest absolute Gasteiger partial charge is 0.487 e. The zero-order valence-corrected chi connectivity index (χ0v) is 21.2. The van der Waals surface area contributed by atoms with Crippen molar-refractivity contribution in [3.05, 3.63) is 76.0 Å². The van der Waals surface area contributed by atoms with Crippen molar-refractivity contribution in [3.8, 4) is 28.1 Å². The minimum Gasteiger partial charge on any atom is -0.487 e. The van der Waals surface area contributed by atoms with E-state index in [1.165, 1.54) is 6.07 Å². The third-order valence-corrected chi connectivity index (χ3v) is 6.24. The van der Waals surface area contributed by atoms with Gasteiger partial charge in [-0.3, -0.25) is 24.8 Å². The van der Waals surface area contributed by atoms with E-state index in [-0.39, 0.29) is 17.3 Å². The van der Waals surface area contributed by atoms with Gasteiger partial charge in [0.15, 0.2) is 5.75 Å². The van der Waals surface area contributed by atoms with Gasteiger partial charge in [-0.1, -0.05) is 43.3 Å². The number of benzene rings is 2. The molecule has 2 aromatic carbocycles. The summed E-state index contributed by atoms with van der Waals surface area (Å²) in [6.45, 7) is 8.36. The van der Waals surface area contributed by atoms with Crippen molar-refractivity contribution < 1.29 is 19.2 Å². The fourth-order valence-electron chi connectivity index (χ4n) is 4.35. The molecule has 1 aliphatic heterocycles. The van der Waals surface area contributed by atoms with Crippen LogP contribution in [-0.2, 0) is 4.74 Å². The van der Waals surface area contributed by atoms with Crippen molar-refractivity contribution >= 4 is 11.6 Å². The molecule has 9 heteroatoms. The lowest BCUT2D eigenvalue weighted by atomic mass is 9.95. The monoisotopic (exact) mass is 504 g/mol. The minimum atomic E-state index is -0.456. The van der Waals surface area contributed by atoms with Crippen LogP contribution in [0.4, 0.5) is 5.69 Å². The molecule has 2 heterocycles. The van der Waals surface area contributed by atoms with Gasteiger partial charge in [0.05, 0.1) is 41.7 Å². The number of carbonyl (C=O) groups excluding carboxylic acids is 1. The van der Waals surface area contributed by atoms with Gasteiger partial charge < -0.3 is 14.8 Å². The molecule has 0 saturated carbocycles. The summed E-state index contributed by atoms with van der Waals surface area (Å²) in [5, 5.41) is 14.9. The van der Waals surface area contributed by atoms with Crippen LogP contribution in [-0.4, -0.2) is 66.7 Å². The summed E-state index contributed by atoms with van der Waals surface area (Å²) in [6, 6.07) is 16.3. The Balaban J connectivity index is 1.71. The molecule has 194 valence electrons. The van der Waals surface area contributed by atoms with E-state index in [9.17, 15) is 14.9 Å². The second kappa shape index (κ2) is 12.4. The van der Waals surface area contributed by atoms with Crippen molar-refractivity contribution in [1.82, 2.24) is 15.2 Å². The summed E-state index contributed by atoms with van der Waals surface area (Å²) < 4.78 is 11.0. The van der Waals surface area contributed by atoms with Crippen molar-refractivity contribution in [2.45, 2.75) is 20.3 Å². The molecule has 0 radical (unpaired) electrons. The number of carbonyl (C=O) groups is 1. The molecule has 9 nitrogen and oxygen atoms in total. The number of nitro groups is 1. The lowest BCUT2D eigenvalue weighted by Gasteiger charge is -2.26. The van der Waals surface area contributed by atoms with Gasteiger partial charge in [-0.15, -0.1) is 0 Å². The van der Waals surface area contributed by atoms with Crippen LogP contribution in [0.5, 0.6) is 5.75 Å². The van der Waals surface area contributed by atoms with Crippen LogP contribution in [0, 0.1) is 17.0 Å². The fraction of sp³-hybridized carbons (Fsp3) is 0.357. The summed E-state index contributed by atoms with van der Waals surface area (Å²) in [6.07, 6.45) is 0.734. The molecule has 1 N–H and O–H groups in total. The van der Waals surface area contributed by atoms with Gasteiger partial charge in [-0.2, -0.15) is 0 Å². The Bertz CT molecular complexity index is 1240. The van der Waals surface area contributed by atoms with E-state index in [0.717, 1.165) is 25.1 Å². The van der Waals surface area contributed by atoms with E-state index in [2.05, 4.69) is 10.2 Å². The summed E-state index contributed by atoms with van der Waals surface area (Å²) in [7, 11) is 0. The number of ether oxygens (including phenoxy) is 2. The summed E-state index contributed by atoms with van der Waals surface area (Å²) in [4.78, 5) is 31.8. The van der Waals surface area contributed by atoms with Crippen molar-refractivity contribution in [2.75, 3.05) is 46.0 Å². The number of nitrogens with one attached hydrogen (secondary N) is 1. The Morgan fingerprint density at radius 2 is 1.89 bits per heavy atom. The first-order valence-electron chi connectivity index (χ1n) is 12.5. The minimum absolute atomic E-state index is 0.139. The van der Waals surface area contributed by atoms with E-state index in [1.807, 2.05) is 43.3 Å². The summed E-state index contributed by atoms with van der Waals surface area (Å²) in [5.74, 6) is -0.0528. The molecular weight excluding hydrogens is 472 g/mol. The van der Waals surface area contributed by atoms with Crippen LogP contribution in [0.3, 0.4) is 0 Å². The van der Waals surface area contributed by atoms with Gasteiger partial charge in [-0.25, -0.2) is 0 Å². The van der Waals surface area contributed by atoms with E-state index in [0.29, 0.717) is 61.0 Å². The number of hydrogen-bond donors (Lipinski definition) is 1. The number of nitro benzene ring substituents is 1. The Labute approximate surface area is 216 Å². The Hall–Kier alpha value is -3.82. The number of morpholine rings is 1. The molecule has 1 amide bonds. The average Bonchev–Trinajstić information content (AvgIpc) is 2.92.